The van der Waals surface area contributed by atoms with Crippen LogP contribution in [0.3, 0.4) is 0 Å². The molecule has 0 atom stereocenters. The molecule has 0 aliphatic heterocycles. The minimum Gasteiger partial charge on any atom is -0.421 e. The summed E-state index contributed by atoms with van der Waals surface area (Å²) in [5.74, 6) is -1.14. The minimum atomic E-state index is -0.919. The number of hydrogen-bond donors (Lipinski definition) is 1. The maximum absolute atomic E-state index is 12.8. The first-order valence-electron chi connectivity index (χ1n) is 9.73. The second-order valence-electron chi connectivity index (χ2n) is 7.29. The van der Waals surface area contributed by atoms with Crippen LogP contribution in [0.2, 0.25) is 0 Å². The molecule has 1 amide bonds. The van der Waals surface area contributed by atoms with Crippen LogP contribution in [0.4, 0.5) is 5.69 Å². The Kier molecular flexibility index (Phi) is 7.35. The maximum atomic E-state index is 12.8. The van der Waals surface area contributed by atoms with Gasteiger partial charge in [-0.05, 0) is 65.9 Å². The van der Waals surface area contributed by atoms with Gasteiger partial charge in [-0.2, -0.15) is 0 Å². The fraction of sp³-hybridized carbons (Fsp3) is 0.125. The van der Waals surface area contributed by atoms with E-state index in [1.807, 2.05) is 24.3 Å². The van der Waals surface area contributed by atoms with Crippen LogP contribution >= 0.6 is 0 Å². The Bertz CT molecular complexity index is 1350. The van der Waals surface area contributed by atoms with E-state index in [0.29, 0.717) is 11.3 Å². The van der Waals surface area contributed by atoms with Crippen LogP contribution in [0.15, 0.2) is 80.8 Å². The number of benzene rings is 3. The Morgan fingerprint density at radius 2 is 1.62 bits per heavy atom. The summed E-state index contributed by atoms with van der Waals surface area (Å²) in [6, 6.07) is 20.6. The van der Waals surface area contributed by atoms with E-state index in [1.54, 1.807) is 30.3 Å². The van der Waals surface area contributed by atoms with Crippen LogP contribution in [0.25, 0.3) is 11.1 Å². The van der Waals surface area contributed by atoms with Crippen molar-refractivity contribution in [1.29, 1.82) is 0 Å². The first-order valence-corrected chi connectivity index (χ1v) is 9.73. The summed E-state index contributed by atoms with van der Waals surface area (Å²) in [6.45, 7) is 4.20. The monoisotopic (exact) mass is 437 g/mol. The van der Waals surface area contributed by atoms with Gasteiger partial charge < -0.3 is 14.8 Å². The number of carbonyl (C=O) groups is 1. The zero-order chi connectivity index (χ0) is 22.0. The van der Waals surface area contributed by atoms with Gasteiger partial charge in [0.15, 0.2) is 5.69 Å². The van der Waals surface area contributed by atoms with Gasteiger partial charge in [0.1, 0.15) is 0 Å². The fourth-order valence-electron chi connectivity index (χ4n) is 3.54. The smallest absolute Gasteiger partial charge is 0.421 e. The number of nitrogens with one attached hydrogen (secondary N) is 1. The Morgan fingerprint density at radius 3 is 2.25 bits per heavy atom. The van der Waals surface area contributed by atoms with Crippen LogP contribution in [0, 0.1) is 13.8 Å². The molecule has 0 unspecified atom stereocenters. The zero-order valence-corrected chi connectivity index (χ0v) is 20.1. The number of aromatic nitrogens is 2. The molecule has 0 spiro atoms. The third-order valence-corrected chi connectivity index (χ3v) is 5.02. The molecular weight excluding hydrogens is 417 g/mol. The van der Waals surface area contributed by atoms with Crippen molar-refractivity contribution in [3.05, 3.63) is 110 Å². The quantitative estimate of drug-likeness (QED) is 0.455. The molecule has 0 aliphatic carbocycles. The minimum absolute atomic E-state index is 0. The predicted octanol–water partition coefficient (Wildman–Crippen LogP) is 0.347. The number of aryl methyl sites for hydroxylation is 2. The molecular formula is C24H20N3NaO4. The molecule has 8 heteroatoms. The summed E-state index contributed by atoms with van der Waals surface area (Å²) >= 11 is 0. The summed E-state index contributed by atoms with van der Waals surface area (Å²) in [6.07, 6.45) is 0. The molecule has 1 aromatic heterocycles. The Hall–Kier alpha value is -3.13. The molecule has 1 heterocycles. The normalized spacial score (nSPS) is 10.4. The van der Waals surface area contributed by atoms with Gasteiger partial charge >= 0.3 is 35.3 Å². The van der Waals surface area contributed by atoms with Crippen LogP contribution in [0.1, 0.15) is 27.0 Å². The molecule has 0 fully saturated rings. The Morgan fingerprint density at radius 1 is 0.969 bits per heavy atom. The van der Waals surface area contributed by atoms with E-state index in [9.17, 15) is 14.4 Å². The van der Waals surface area contributed by atoms with Gasteiger partial charge in [-0.1, -0.05) is 42.5 Å². The van der Waals surface area contributed by atoms with E-state index in [0.717, 1.165) is 32.6 Å². The maximum Gasteiger partial charge on any atom is 1.00 e. The molecule has 156 valence electrons. The summed E-state index contributed by atoms with van der Waals surface area (Å²) in [5, 5.41) is 2.88. The van der Waals surface area contributed by atoms with E-state index >= 15 is 0 Å². The van der Waals surface area contributed by atoms with Crippen molar-refractivity contribution in [2.24, 2.45) is 0 Å². The van der Waals surface area contributed by atoms with Gasteiger partial charge in [0, 0.05) is 17.8 Å². The van der Waals surface area contributed by atoms with Crippen molar-refractivity contribution in [3.63, 3.8) is 0 Å². The predicted molar refractivity (Wildman–Crippen MR) is 117 cm³/mol. The first kappa shape index (κ1) is 23.5. The van der Waals surface area contributed by atoms with Gasteiger partial charge in [0.05, 0.1) is 0 Å². The third-order valence-electron chi connectivity index (χ3n) is 5.02. The average Bonchev–Trinajstić information content (AvgIpc) is 3.06. The fourth-order valence-corrected chi connectivity index (χ4v) is 3.54. The van der Waals surface area contributed by atoms with Crippen molar-refractivity contribution in [2.45, 2.75) is 20.4 Å². The zero-order valence-electron chi connectivity index (χ0n) is 18.1. The largest absolute Gasteiger partial charge is 1.00 e. The van der Waals surface area contributed by atoms with Crippen LogP contribution in [-0.2, 0) is 6.54 Å². The second kappa shape index (κ2) is 9.99. The van der Waals surface area contributed by atoms with Crippen molar-refractivity contribution < 1.29 is 38.9 Å². The number of rotatable bonds is 5. The first-order chi connectivity index (χ1) is 14.9. The molecule has 3 aromatic carbocycles. The SMILES string of the molecule is Cc1cccc(C)c1-c1cccc(C(=O)Nc2ccc(Cn3oc(=O)[n-]c3=O)cc2)c1.[Na+]. The van der Waals surface area contributed by atoms with Crippen LogP contribution in [0.5, 0.6) is 0 Å². The Labute approximate surface area is 206 Å². The molecule has 7 nitrogen and oxygen atoms in total. The van der Waals surface area contributed by atoms with Crippen molar-refractivity contribution in [3.8, 4) is 11.1 Å². The molecule has 32 heavy (non-hydrogen) atoms. The second-order valence-corrected chi connectivity index (χ2v) is 7.29. The number of nitrogens with zero attached hydrogens (tertiary/aromatic N) is 2. The molecule has 0 saturated carbocycles. The number of carbonyl (C=O) groups excluding carboxylic acids is 1. The number of hydrogen-bond acceptors (Lipinski definition) is 4. The van der Waals surface area contributed by atoms with E-state index in [4.69, 9.17) is 4.52 Å². The van der Waals surface area contributed by atoms with E-state index < -0.39 is 11.4 Å². The number of anilines is 1. The summed E-state index contributed by atoms with van der Waals surface area (Å²) in [4.78, 5) is 38.4. The van der Waals surface area contributed by atoms with Crippen LogP contribution < -0.4 is 51.3 Å². The van der Waals surface area contributed by atoms with Gasteiger partial charge in [-0.3, -0.25) is 14.3 Å². The standard InChI is InChI=1S/C24H21N3O4.Na/c1-15-5-3-6-16(2)21(15)18-7-4-8-19(13-18)22(28)25-20-11-9-17(10-12-20)14-27-23(29)26-24(30)31-27;/h3-13H,14H2,1-2H3,(H2,25,26,28,29,30);/q;+1/p-1. The van der Waals surface area contributed by atoms with E-state index in [2.05, 4.69) is 36.3 Å². The molecule has 0 bridgehead atoms. The molecule has 1 N–H and O–H groups in total. The topological polar surface area (TPSA) is 95.4 Å². The summed E-state index contributed by atoms with van der Waals surface area (Å²) in [5.41, 5.74) is 5.60. The van der Waals surface area contributed by atoms with Crippen molar-refractivity contribution in [1.82, 2.24) is 9.72 Å². The Balaban J connectivity index is 0.00000289. The molecule has 0 radical (unpaired) electrons. The van der Waals surface area contributed by atoms with Gasteiger partial charge in [0.2, 0.25) is 0 Å². The van der Waals surface area contributed by atoms with E-state index in [1.165, 1.54) is 0 Å². The number of amides is 1. The third kappa shape index (κ3) is 5.19. The van der Waals surface area contributed by atoms with Crippen LogP contribution in [-0.4, -0.2) is 10.6 Å². The summed E-state index contributed by atoms with van der Waals surface area (Å²) < 4.78 is 5.59. The summed E-state index contributed by atoms with van der Waals surface area (Å²) in [7, 11) is 0. The van der Waals surface area contributed by atoms with Crippen molar-refractivity contribution in [2.75, 3.05) is 5.32 Å². The molecule has 4 aromatic rings. The van der Waals surface area contributed by atoms with E-state index in [-0.39, 0.29) is 42.0 Å². The molecule has 0 saturated heterocycles. The van der Waals surface area contributed by atoms with Gasteiger partial charge in [0.25, 0.3) is 5.91 Å². The van der Waals surface area contributed by atoms with Gasteiger partial charge in [-0.15, -0.1) is 0 Å². The average molecular weight is 437 g/mol. The molecule has 4 rings (SSSR count). The molecule has 0 aliphatic rings. The van der Waals surface area contributed by atoms with Crippen molar-refractivity contribution >= 4 is 11.6 Å². The van der Waals surface area contributed by atoms with Gasteiger partial charge in [-0.25, -0.2) is 4.79 Å².